The van der Waals surface area contributed by atoms with Gasteiger partial charge in [-0.1, -0.05) is 0 Å². The van der Waals surface area contributed by atoms with Crippen LogP contribution < -0.4 is 10.6 Å². The van der Waals surface area contributed by atoms with Crippen molar-refractivity contribution in [3.63, 3.8) is 0 Å². The van der Waals surface area contributed by atoms with E-state index in [1.807, 2.05) is 18.7 Å². The predicted octanol–water partition coefficient (Wildman–Crippen LogP) is 1.36. The van der Waals surface area contributed by atoms with E-state index in [9.17, 15) is 9.59 Å². The van der Waals surface area contributed by atoms with Gasteiger partial charge in [0.25, 0.3) is 0 Å². The molecule has 1 saturated carbocycles. The second-order valence-electron chi connectivity index (χ2n) is 6.07. The lowest BCUT2D eigenvalue weighted by molar-refractivity contribution is -0.147. The van der Waals surface area contributed by atoms with E-state index in [0.29, 0.717) is 38.4 Å². The van der Waals surface area contributed by atoms with Gasteiger partial charge in [-0.15, -0.1) is 0 Å². The molecule has 2 unspecified atom stereocenters. The molecule has 2 rings (SSSR count). The van der Waals surface area contributed by atoms with E-state index in [0.717, 1.165) is 24.2 Å². The zero-order valence-corrected chi connectivity index (χ0v) is 15.0. The van der Waals surface area contributed by atoms with Crippen LogP contribution in [0.2, 0.25) is 0 Å². The largest absolute Gasteiger partial charge is 0.357 e. The van der Waals surface area contributed by atoms with Crippen LogP contribution in [0.4, 0.5) is 0 Å². The van der Waals surface area contributed by atoms with E-state index in [1.54, 1.807) is 0 Å². The maximum Gasteiger partial charge on any atom is 0.229 e. The lowest BCUT2D eigenvalue weighted by Gasteiger charge is -2.24. The fourth-order valence-electron chi connectivity index (χ4n) is 3.11. The molecule has 2 N–H and O–H groups in total. The first-order valence-corrected chi connectivity index (χ1v) is 9.83. The van der Waals surface area contributed by atoms with Gasteiger partial charge in [-0.2, -0.15) is 11.8 Å². The van der Waals surface area contributed by atoms with Crippen molar-refractivity contribution in [1.82, 2.24) is 15.5 Å². The summed E-state index contributed by atoms with van der Waals surface area (Å²) in [6, 6.07) is 0.462. The summed E-state index contributed by atoms with van der Waals surface area (Å²) in [6.07, 6.45) is 7.37. The lowest BCUT2D eigenvalue weighted by Crippen LogP contribution is -2.44. The second-order valence-corrected chi connectivity index (χ2v) is 7.20. The number of nitrogens with one attached hydrogen (secondary N) is 2. The third-order valence-electron chi connectivity index (χ3n) is 4.38. The number of carbonyl (C=O) groups is 2. The molecule has 1 aliphatic carbocycles. The summed E-state index contributed by atoms with van der Waals surface area (Å²) in [4.78, 5) is 29.4. The third kappa shape index (κ3) is 5.41. The molecule has 1 saturated heterocycles. The molecule has 2 aliphatic rings. The van der Waals surface area contributed by atoms with Crippen molar-refractivity contribution < 1.29 is 9.59 Å². The van der Waals surface area contributed by atoms with Crippen LogP contribution in [0.5, 0.6) is 0 Å². The maximum atomic E-state index is 11.8. The summed E-state index contributed by atoms with van der Waals surface area (Å²) in [5.74, 6) is 0.664. The van der Waals surface area contributed by atoms with Crippen LogP contribution in [0.15, 0.2) is 4.99 Å². The quantitative estimate of drug-likeness (QED) is 0.434. The number of piperidine rings is 1. The molecule has 0 aromatic heterocycles. The number of rotatable bonds is 6. The van der Waals surface area contributed by atoms with Crippen LogP contribution in [-0.4, -0.2) is 59.9 Å². The van der Waals surface area contributed by atoms with Crippen LogP contribution in [0.25, 0.3) is 0 Å². The Bertz CT molecular complexity index is 439. The summed E-state index contributed by atoms with van der Waals surface area (Å²) in [5, 5.41) is 7.46. The van der Waals surface area contributed by atoms with Gasteiger partial charge in [0.2, 0.25) is 11.8 Å². The first-order chi connectivity index (χ1) is 11.1. The molecule has 130 valence electrons. The number of aliphatic imine (C=N–C) groups is 1. The van der Waals surface area contributed by atoms with E-state index in [1.165, 1.54) is 17.7 Å². The average Bonchev–Trinajstić information content (AvgIpc) is 2.98. The van der Waals surface area contributed by atoms with E-state index in [4.69, 9.17) is 0 Å². The normalized spacial score (nSPS) is 25.8. The SMILES string of the molecule is CCNC(=NCCN1C(=O)CCCC1=O)NC1CCC(SC)C1. The third-order valence-corrected chi connectivity index (χ3v) is 5.47. The highest BCUT2D eigenvalue weighted by Crippen LogP contribution is 2.27. The molecule has 7 heteroatoms. The number of imide groups is 1. The molecular weight excluding hydrogens is 312 g/mol. The predicted molar refractivity (Wildman–Crippen MR) is 94.6 cm³/mol. The highest BCUT2D eigenvalue weighted by atomic mass is 32.2. The number of thioether (sulfide) groups is 1. The van der Waals surface area contributed by atoms with Gasteiger partial charge in [-0.05, 0) is 38.9 Å². The van der Waals surface area contributed by atoms with E-state index in [2.05, 4.69) is 21.9 Å². The monoisotopic (exact) mass is 340 g/mol. The average molecular weight is 340 g/mol. The van der Waals surface area contributed by atoms with Crippen LogP contribution in [0, 0.1) is 0 Å². The Labute approximate surface area is 142 Å². The minimum atomic E-state index is -0.0620. The van der Waals surface area contributed by atoms with Gasteiger partial charge in [0.15, 0.2) is 5.96 Å². The molecule has 23 heavy (non-hydrogen) atoms. The first-order valence-electron chi connectivity index (χ1n) is 8.54. The van der Waals surface area contributed by atoms with Gasteiger partial charge in [-0.25, -0.2) is 0 Å². The maximum absolute atomic E-state index is 11.8. The van der Waals surface area contributed by atoms with E-state index in [-0.39, 0.29) is 11.8 Å². The molecule has 2 fully saturated rings. The zero-order chi connectivity index (χ0) is 16.7. The van der Waals surface area contributed by atoms with Crippen molar-refractivity contribution in [2.45, 2.75) is 56.7 Å². The number of guanidine groups is 1. The molecule has 0 aromatic carbocycles. The Morgan fingerprint density at radius 2 is 2.04 bits per heavy atom. The summed E-state index contributed by atoms with van der Waals surface area (Å²) in [5.41, 5.74) is 0. The van der Waals surface area contributed by atoms with Crippen molar-refractivity contribution >= 4 is 29.5 Å². The van der Waals surface area contributed by atoms with Crippen LogP contribution >= 0.6 is 11.8 Å². The number of amides is 2. The van der Waals surface area contributed by atoms with Crippen molar-refractivity contribution in [1.29, 1.82) is 0 Å². The lowest BCUT2D eigenvalue weighted by atomic mass is 10.1. The van der Waals surface area contributed by atoms with Gasteiger partial charge in [0, 0.05) is 37.2 Å². The van der Waals surface area contributed by atoms with Gasteiger partial charge in [0.1, 0.15) is 0 Å². The van der Waals surface area contributed by atoms with E-state index < -0.39 is 0 Å². The topological polar surface area (TPSA) is 73.8 Å². The van der Waals surface area contributed by atoms with Gasteiger partial charge >= 0.3 is 0 Å². The summed E-state index contributed by atoms with van der Waals surface area (Å²) >= 11 is 1.93. The van der Waals surface area contributed by atoms with Crippen LogP contribution in [-0.2, 0) is 9.59 Å². The number of likely N-dealkylation sites (tertiary alicyclic amines) is 1. The molecule has 1 heterocycles. The Balaban J connectivity index is 1.83. The molecule has 0 aromatic rings. The Hall–Kier alpha value is -1.24. The zero-order valence-electron chi connectivity index (χ0n) is 14.1. The molecule has 0 bridgehead atoms. The second kappa shape index (κ2) is 9.15. The molecular formula is C16H28N4O2S. The van der Waals surface area contributed by atoms with Crippen molar-refractivity contribution in [2.75, 3.05) is 25.9 Å². The minimum absolute atomic E-state index is 0.0620. The van der Waals surface area contributed by atoms with Crippen LogP contribution in [0.3, 0.4) is 0 Å². The highest BCUT2D eigenvalue weighted by molar-refractivity contribution is 7.99. The molecule has 6 nitrogen and oxygen atoms in total. The summed E-state index contributed by atoms with van der Waals surface area (Å²) in [6.45, 7) is 3.66. The first kappa shape index (κ1) is 18.1. The summed E-state index contributed by atoms with van der Waals surface area (Å²) in [7, 11) is 0. The van der Waals surface area contributed by atoms with Crippen molar-refractivity contribution in [2.24, 2.45) is 4.99 Å². The van der Waals surface area contributed by atoms with E-state index >= 15 is 0 Å². The number of nitrogens with zero attached hydrogens (tertiary/aromatic N) is 2. The smallest absolute Gasteiger partial charge is 0.229 e. The fraction of sp³-hybridized carbons (Fsp3) is 0.812. The molecule has 1 aliphatic heterocycles. The van der Waals surface area contributed by atoms with Gasteiger partial charge < -0.3 is 10.6 Å². The molecule has 0 spiro atoms. The number of hydrogen-bond donors (Lipinski definition) is 2. The molecule has 2 amide bonds. The molecule has 2 atom stereocenters. The Kier molecular flexibility index (Phi) is 7.20. The van der Waals surface area contributed by atoms with Gasteiger partial charge in [0.05, 0.1) is 6.54 Å². The number of carbonyl (C=O) groups excluding carboxylic acids is 2. The highest BCUT2D eigenvalue weighted by Gasteiger charge is 2.26. The van der Waals surface area contributed by atoms with Crippen LogP contribution in [0.1, 0.15) is 45.4 Å². The Morgan fingerprint density at radius 1 is 1.30 bits per heavy atom. The van der Waals surface area contributed by atoms with Gasteiger partial charge in [-0.3, -0.25) is 19.5 Å². The Morgan fingerprint density at radius 3 is 2.65 bits per heavy atom. The fourth-order valence-corrected chi connectivity index (χ4v) is 3.91. The summed E-state index contributed by atoms with van der Waals surface area (Å²) < 4.78 is 0. The van der Waals surface area contributed by atoms with Crippen molar-refractivity contribution in [3.05, 3.63) is 0 Å². The van der Waals surface area contributed by atoms with Crippen molar-refractivity contribution in [3.8, 4) is 0 Å². The molecule has 0 radical (unpaired) electrons. The number of hydrogen-bond acceptors (Lipinski definition) is 4. The minimum Gasteiger partial charge on any atom is -0.357 e. The standard InChI is InChI=1S/C16H28N4O2S/c1-3-17-16(19-12-7-8-13(11-12)23-2)18-9-10-20-14(21)5-4-6-15(20)22/h12-13H,3-11H2,1-2H3,(H2,17,18,19).